The van der Waals surface area contributed by atoms with E-state index in [4.69, 9.17) is 28.6 Å². The Morgan fingerprint density at radius 1 is 1.21 bits per heavy atom. The van der Waals surface area contributed by atoms with Crippen molar-refractivity contribution in [2.75, 3.05) is 6.26 Å². The number of hydrogen-bond acceptors (Lipinski definition) is 6. The molecular formula is C17H11Cl2N5O3S2. The van der Waals surface area contributed by atoms with Gasteiger partial charge >= 0.3 is 0 Å². The molecule has 1 aromatic heterocycles. The van der Waals surface area contributed by atoms with Gasteiger partial charge in [-0.1, -0.05) is 23.2 Å². The number of amidine groups is 3. The average Bonchev–Trinajstić information content (AvgIpc) is 3.24. The number of nitrogens with zero attached hydrogens (tertiary/aromatic N) is 4. The van der Waals surface area contributed by atoms with Crippen LogP contribution in [0.2, 0.25) is 10.0 Å². The summed E-state index contributed by atoms with van der Waals surface area (Å²) < 4.78 is 29.5. The lowest BCUT2D eigenvalue weighted by Crippen LogP contribution is -2.45. The molecule has 4 rings (SSSR count). The van der Waals surface area contributed by atoms with Crippen molar-refractivity contribution in [2.24, 2.45) is 9.39 Å². The van der Waals surface area contributed by atoms with E-state index >= 15 is 0 Å². The number of nitrogens with one attached hydrogen (secondary N) is 1. The third-order valence-electron chi connectivity index (χ3n) is 4.02. The predicted octanol–water partition coefficient (Wildman–Crippen LogP) is 3.41. The van der Waals surface area contributed by atoms with Crippen LogP contribution in [-0.4, -0.2) is 46.2 Å². The molecule has 2 aliphatic heterocycles. The zero-order valence-corrected chi connectivity index (χ0v) is 17.8. The summed E-state index contributed by atoms with van der Waals surface area (Å²) in [6.45, 7) is 0. The number of aliphatic imine (C=N–C) groups is 1. The molecule has 0 saturated heterocycles. The highest BCUT2D eigenvalue weighted by Gasteiger charge is 2.41. The molecule has 2 aromatic rings. The minimum absolute atomic E-state index is 0.0366. The fraction of sp³-hybridized carbons (Fsp3) is 0.0588. The number of rotatable bonds is 2. The van der Waals surface area contributed by atoms with Gasteiger partial charge in [-0.2, -0.15) is 9.39 Å². The van der Waals surface area contributed by atoms with E-state index in [2.05, 4.69) is 9.39 Å². The van der Waals surface area contributed by atoms with Crippen LogP contribution in [0.3, 0.4) is 0 Å². The molecule has 8 nitrogen and oxygen atoms in total. The van der Waals surface area contributed by atoms with Gasteiger partial charge in [0, 0.05) is 33.9 Å². The number of hydrogen-bond donors (Lipinski definition) is 1. The van der Waals surface area contributed by atoms with Gasteiger partial charge in [0.1, 0.15) is 5.84 Å². The average molecular weight is 468 g/mol. The van der Waals surface area contributed by atoms with Crippen LogP contribution in [-0.2, 0) is 14.6 Å². The standard InChI is InChI=1S/C17H11Cl2N5O3S2/c1-29(26,27)17-22-28-16-21-15(25)13(14(20)24(16)17)8-11-3-2-4-23(11)12-6-9(18)5-10(19)7-12/h2-8,20H,1H3/b13-8-,20-14?. The van der Waals surface area contributed by atoms with Crippen molar-refractivity contribution < 1.29 is 13.2 Å². The lowest BCUT2D eigenvalue weighted by molar-refractivity contribution is -0.114. The number of amides is 1. The molecule has 1 N–H and O–H groups in total. The van der Waals surface area contributed by atoms with Gasteiger partial charge in [0.25, 0.3) is 5.91 Å². The molecule has 0 spiro atoms. The topological polar surface area (TPSA) is 108 Å². The maximum absolute atomic E-state index is 12.5. The van der Waals surface area contributed by atoms with Crippen molar-refractivity contribution in [1.82, 2.24) is 9.47 Å². The first-order valence-corrected chi connectivity index (χ1v) is 11.4. The summed E-state index contributed by atoms with van der Waals surface area (Å²) in [5.74, 6) is -0.971. The van der Waals surface area contributed by atoms with Gasteiger partial charge < -0.3 is 4.57 Å². The summed E-state index contributed by atoms with van der Waals surface area (Å²) in [5, 5.41) is 9.00. The Hall–Kier alpha value is -2.40. The second-order valence-corrected chi connectivity index (χ2v) is 9.62. The molecule has 0 saturated carbocycles. The molecule has 0 aliphatic carbocycles. The van der Waals surface area contributed by atoms with E-state index in [0.717, 1.165) is 23.1 Å². The Morgan fingerprint density at radius 3 is 2.55 bits per heavy atom. The maximum Gasteiger partial charge on any atom is 0.283 e. The molecule has 1 amide bonds. The molecule has 0 atom stereocenters. The Morgan fingerprint density at radius 2 is 1.90 bits per heavy atom. The summed E-state index contributed by atoms with van der Waals surface area (Å²) >= 11 is 12.9. The number of carbonyl (C=O) groups excluding carboxylic acids is 1. The summed E-state index contributed by atoms with van der Waals surface area (Å²) in [6.07, 6.45) is 4.19. The number of halogens is 2. The van der Waals surface area contributed by atoms with Crippen LogP contribution in [0.5, 0.6) is 0 Å². The minimum atomic E-state index is -3.71. The van der Waals surface area contributed by atoms with Gasteiger partial charge in [-0.15, -0.1) is 0 Å². The van der Waals surface area contributed by atoms with Crippen LogP contribution < -0.4 is 0 Å². The summed E-state index contributed by atoms with van der Waals surface area (Å²) in [5.41, 5.74) is 1.15. The molecule has 1 aromatic carbocycles. The van der Waals surface area contributed by atoms with E-state index in [1.807, 2.05) is 0 Å². The van der Waals surface area contributed by atoms with Crippen molar-refractivity contribution in [1.29, 1.82) is 5.41 Å². The Kier molecular flexibility index (Phi) is 4.89. The normalized spacial score (nSPS) is 18.2. The zero-order chi connectivity index (χ0) is 20.9. The molecule has 12 heteroatoms. The second kappa shape index (κ2) is 7.13. The van der Waals surface area contributed by atoms with Crippen molar-refractivity contribution in [3.63, 3.8) is 0 Å². The fourth-order valence-electron chi connectivity index (χ4n) is 2.81. The van der Waals surface area contributed by atoms with Crippen LogP contribution in [0, 0.1) is 5.41 Å². The molecule has 0 radical (unpaired) electrons. The third kappa shape index (κ3) is 3.64. The quantitative estimate of drug-likeness (QED) is 0.537. The molecule has 0 unspecified atom stereocenters. The lowest BCUT2D eigenvalue weighted by atomic mass is 10.1. The Balaban J connectivity index is 1.79. The van der Waals surface area contributed by atoms with Gasteiger partial charge in [0.15, 0.2) is 0 Å². The van der Waals surface area contributed by atoms with E-state index in [-0.39, 0.29) is 21.7 Å². The first-order valence-electron chi connectivity index (χ1n) is 7.98. The first-order chi connectivity index (χ1) is 13.6. The highest BCUT2D eigenvalue weighted by atomic mass is 35.5. The molecular weight excluding hydrogens is 457 g/mol. The smallest absolute Gasteiger partial charge is 0.283 e. The van der Waals surface area contributed by atoms with Crippen molar-refractivity contribution >= 4 is 73.1 Å². The Labute approximate surface area is 180 Å². The summed E-state index contributed by atoms with van der Waals surface area (Å²) in [6, 6.07) is 8.48. The van der Waals surface area contributed by atoms with Crippen LogP contribution in [0.25, 0.3) is 11.8 Å². The van der Waals surface area contributed by atoms with Gasteiger partial charge in [0.2, 0.25) is 20.2 Å². The van der Waals surface area contributed by atoms with E-state index in [1.54, 1.807) is 41.1 Å². The minimum Gasteiger partial charge on any atom is -0.317 e. The Bertz CT molecular complexity index is 1260. The van der Waals surface area contributed by atoms with E-state index in [0.29, 0.717) is 21.4 Å². The number of aromatic nitrogens is 1. The highest BCUT2D eigenvalue weighted by Crippen LogP contribution is 2.30. The molecule has 29 heavy (non-hydrogen) atoms. The number of benzene rings is 1. The summed E-state index contributed by atoms with van der Waals surface area (Å²) in [7, 11) is -3.71. The third-order valence-corrected chi connectivity index (χ3v) is 6.21. The van der Waals surface area contributed by atoms with Gasteiger partial charge in [-0.05, 0) is 36.4 Å². The molecule has 0 bridgehead atoms. The van der Waals surface area contributed by atoms with Crippen LogP contribution >= 0.6 is 35.1 Å². The SMILES string of the molecule is CS(=O)(=O)C1=NSC2=NC(=O)/C(=C\c3cccn3-c3cc(Cl)cc(Cl)c3)C(=N)N21. The number of fused-ring (bicyclic) bond motifs is 1. The number of sulfone groups is 1. The summed E-state index contributed by atoms with van der Waals surface area (Å²) in [4.78, 5) is 17.4. The monoisotopic (exact) mass is 467 g/mol. The fourth-order valence-corrected chi connectivity index (χ4v) is 5.17. The van der Waals surface area contributed by atoms with Crippen LogP contribution in [0.15, 0.2) is 51.5 Å². The van der Waals surface area contributed by atoms with Gasteiger partial charge in [-0.3, -0.25) is 10.2 Å². The van der Waals surface area contributed by atoms with E-state index < -0.39 is 15.7 Å². The second-order valence-electron chi connectivity index (χ2n) is 6.11. The van der Waals surface area contributed by atoms with E-state index in [1.165, 1.54) is 6.08 Å². The highest BCUT2D eigenvalue weighted by molar-refractivity contribution is 8.16. The van der Waals surface area contributed by atoms with Crippen LogP contribution in [0.4, 0.5) is 0 Å². The zero-order valence-electron chi connectivity index (χ0n) is 14.6. The molecule has 2 aliphatic rings. The lowest BCUT2D eigenvalue weighted by Gasteiger charge is -2.23. The predicted molar refractivity (Wildman–Crippen MR) is 116 cm³/mol. The van der Waals surface area contributed by atoms with Crippen molar-refractivity contribution in [2.45, 2.75) is 0 Å². The molecule has 0 fully saturated rings. The van der Waals surface area contributed by atoms with Crippen molar-refractivity contribution in [3.05, 3.63) is 57.8 Å². The molecule has 148 valence electrons. The van der Waals surface area contributed by atoms with Gasteiger partial charge in [0.05, 0.1) is 17.5 Å². The van der Waals surface area contributed by atoms with Crippen LogP contribution in [0.1, 0.15) is 5.69 Å². The first kappa shape index (κ1) is 19.9. The van der Waals surface area contributed by atoms with Crippen molar-refractivity contribution in [3.8, 4) is 5.69 Å². The largest absolute Gasteiger partial charge is 0.317 e. The van der Waals surface area contributed by atoms with Gasteiger partial charge in [-0.25, -0.2) is 13.3 Å². The van der Waals surface area contributed by atoms with E-state index in [9.17, 15) is 13.2 Å². The number of carbonyl (C=O) groups is 1. The molecule has 3 heterocycles. The maximum atomic E-state index is 12.5.